The molecule has 7 nitrogen and oxygen atoms in total. The molecule has 0 saturated carbocycles. The molecule has 2 aromatic rings. The van der Waals surface area contributed by atoms with E-state index in [0.717, 1.165) is 0 Å². The Morgan fingerprint density at radius 3 is 2.70 bits per heavy atom. The topological polar surface area (TPSA) is 91.8 Å². The van der Waals surface area contributed by atoms with Crippen LogP contribution in [0.3, 0.4) is 0 Å². The Balaban J connectivity index is 2.06. The first-order valence-corrected chi connectivity index (χ1v) is 8.30. The first-order valence-electron chi connectivity index (χ1n) is 7.92. The van der Waals surface area contributed by atoms with Crippen molar-refractivity contribution < 1.29 is 18.7 Å². The lowest BCUT2D eigenvalue weighted by atomic mass is 10.2. The van der Waals surface area contributed by atoms with Crippen LogP contribution in [0.25, 0.3) is 0 Å². The van der Waals surface area contributed by atoms with Crippen molar-refractivity contribution in [1.29, 1.82) is 0 Å². The highest BCUT2D eigenvalue weighted by Crippen LogP contribution is 2.24. The number of benzene rings is 2. The highest BCUT2D eigenvalue weighted by atomic mass is 35.5. The van der Waals surface area contributed by atoms with Crippen molar-refractivity contribution in [3.05, 3.63) is 58.9 Å². The molecule has 0 unspecified atom stereocenters. The summed E-state index contributed by atoms with van der Waals surface area (Å²) in [4.78, 5) is 23.2. The molecule has 27 heavy (non-hydrogen) atoms. The molecular weight excluding hydrogens is 375 g/mol. The van der Waals surface area contributed by atoms with Gasteiger partial charge in [-0.25, -0.2) is 9.82 Å². The molecule has 2 rings (SSSR count). The highest BCUT2D eigenvalue weighted by molar-refractivity contribution is 6.35. The second-order valence-electron chi connectivity index (χ2n) is 5.28. The van der Waals surface area contributed by atoms with Crippen LogP contribution in [-0.4, -0.2) is 38.3 Å². The zero-order chi connectivity index (χ0) is 19.6. The van der Waals surface area contributed by atoms with E-state index in [-0.39, 0.29) is 18.8 Å². The summed E-state index contributed by atoms with van der Waals surface area (Å²) in [6.07, 6.45) is 1.30. The molecule has 0 saturated heterocycles. The summed E-state index contributed by atoms with van der Waals surface area (Å²) in [6, 6.07) is 11.0. The van der Waals surface area contributed by atoms with Gasteiger partial charge in [-0.2, -0.15) is 5.10 Å². The predicted molar refractivity (Wildman–Crippen MR) is 102 cm³/mol. The molecule has 0 fully saturated rings. The van der Waals surface area contributed by atoms with E-state index in [1.165, 1.54) is 19.4 Å². The van der Waals surface area contributed by atoms with Gasteiger partial charge in [0.2, 0.25) is 0 Å². The number of hydrogen-bond acceptors (Lipinski definition) is 5. The monoisotopic (exact) mass is 392 g/mol. The van der Waals surface area contributed by atoms with Gasteiger partial charge in [0.05, 0.1) is 18.5 Å². The first kappa shape index (κ1) is 20.3. The number of rotatable bonds is 7. The number of halogens is 2. The van der Waals surface area contributed by atoms with E-state index in [9.17, 15) is 14.0 Å². The SMILES string of the molecule is COCCNC(=O)C(=O)N/N=C\c1cc(Cl)ccc1Nc1ccccc1F. The molecule has 2 aromatic carbocycles. The molecule has 0 spiro atoms. The Morgan fingerprint density at radius 1 is 1.19 bits per heavy atom. The van der Waals surface area contributed by atoms with Gasteiger partial charge in [-0.3, -0.25) is 9.59 Å². The number of methoxy groups -OCH3 is 1. The maximum atomic E-state index is 13.8. The van der Waals surface area contributed by atoms with Gasteiger partial charge >= 0.3 is 11.8 Å². The van der Waals surface area contributed by atoms with Crippen LogP contribution in [0.4, 0.5) is 15.8 Å². The molecule has 142 valence electrons. The normalized spacial score (nSPS) is 10.6. The Kier molecular flexibility index (Phi) is 7.72. The second kappa shape index (κ2) is 10.2. The minimum Gasteiger partial charge on any atom is -0.383 e. The summed E-state index contributed by atoms with van der Waals surface area (Å²) < 4.78 is 18.6. The molecule has 0 bridgehead atoms. The van der Waals surface area contributed by atoms with Crippen molar-refractivity contribution in [2.75, 3.05) is 25.6 Å². The summed E-state index contributed by atoms with van der Waals surface area (Å²) in [5.41, 5.74) is 3.40. The fraction of sp³-hybridized carbons (Fsp3) is 0.167. The van der Waals surface area contributed by atoms with E-state index in [1.54, 1.807) is 36.4 Å². The van der Waals surface area contributed by atoms with Gasteiger partial charge in [0.15, 0.2) is 0 Å². The number of hydrazone groups is 1. The van der Waals surface area contributed by atoms with Gasteiger partial charge in [-0.05, 0) is 30.3 Å². The third-order valence-corrected chi connectivity index (χ3v) is 3.56. The molecule has 0 aliphatic heterocycles. The highest BCUT2D eigenvalue weighted by Gasteiger charge is 2.11. The lowest BCUT2D eigenvalue weighted by molar-refractivity contribution is -0.139. The molecular formula is C18H18ClFN4O3. The molecule has 2 amide bonds. The van der Waals surface area contributed by atoms with Crippen LogP contribution in [0.2, 0.25) is 5.02 Å². The van der Waals surface area contributed by atoms with Crippen molar-refractivity contribution in [2.45, 2.75) is 0 Å². The summed E-state index contributed by atoms with van der Waals surface area (Å²) in [7, 11) is 1.48. The zero-order valence-electron chi connectivity index (χ0n) is 14.5. The van der Waals surface area contributed by atoms with Crippen LogP contribution in [0.15, 0.2) is 47.6 Å². The number of ether oxygens (including phenoxy) is 1. The number of nitrogens with one attached hydrogen (secondary N) is 3. The molecule has 0 aromatic heterocycles. The molecule has 9 heteroatoms. The number of para-hydroxylation sites is 1. The van der Waals surface area contributed by atoms with Crippen LogP contribution < -0.4 is 16.1 Å². The van der Waals surface area contributed by atoms with Gasteiger partial charge in [0.1, 0.15) is 5.82 Å². The molecule has 0 heterocycles. The average molecular weight is 393 g/mol. The number of hydrogen-bond donors (Lipinski definition) is 3. The third kappa shape index (κ3) is 6.36. The lowest BCUT2D eigenvalue weighted by Crippen LogP contribution is -2.39. The summed E-state index contributed by atoms with van der Waals surface area (Å²) >= 11 is 5.99. The summed E-state index contributed by atoms with van der Waals surface area (Å²) in [5.74, 6) is -2.18. The smallest absolute Gasteiger partial charge is 0.329 e. The molecule has 0 aliphatic rings. The van der Waals surface area contributed by atoms with Crippen LogP contribution >= 0.6 is 11.6 Å². The Morgan fingerprint density at radius 2 is 1.96 bits per heavy atom. The van der Waals surface area contributed by atoms with Crippen LogP contribution in [0.5, 0.6) is 0 Å². The standard InChI is InChI=1S/C18H18ClFN4O3/c1-27-9-8-21-17(25)18(26)24-22-11-12-10-13(19)6-7-15(12)23-16-5-3-2-4-14(16)20/h2-7,10-11,23H,8-9H2,1H3,(H,21,25)(H,24,26)/b22-11-. The quantitative estimate of drug-likeness (QED) is 0.292. The van der Waals surface area contributed by atoms with Crippen molar-refractivity contribution in [3.63, 3.8) is 0 Å². The van der Waals surface area contributed by atoms with Gasteiger partial charge in [0, 0.05) is 29.9 Å². The van der Waals surface area contributed by atoms with E-state index in [1.807, 2.05) is 0 Å². The van der Waals surface area contributed by atoms with Crippen LogP contribution in [-0.2, 0) is 14.3 Å². The number of anilines is 2. The van der Waals surface area contributed by atoms with E-state index in [2.05, 4.69) is 21.2 Å². The van der Waals surface area contributed by atoms with Crippen LogP contribution in [0, 0.1) is 5.82 Å². The lowest BCUT2D eigenvalue weighted by Gasteiger charge is -2.10. The van der Waals surface area contributed by atoms with Gasteiger partial charge in [-0.1, -0.05) is 23.7 Å². The van der Waals surface area contributed by atoms with Crippen molar-refractivity contribution in [3.8, 4) is 0 Å². The maximum absolute atomic E-state index is 13.8. The maximum Gasteiger partial charge on any atom is 0.329 e. The van der Waals surface area contributed by atoms with Gasteiger partial charge in [0.25, 0.3) is 0 Å². The van der Waals surface area contributed by atoms with E-state index in [0.29, 0.717) is 16.3 Å². The Labute approximate surface area is 160 Å². The Bertz CT molecular complexity index is 845. The molecule has 3 N–H and O–H groups in total. The minimum atomic E-state index is -0.923. The van der Waals surface area contributed by atoms with Gasteiger partial charge < -0.3 is 15.4 Å². The second-order valence-corrected chi connectivity index (χ2v) is 5.72. The molecule has 0 atom stereocenters. The fourth-order valence-electron chi connectivity index (χ4n) is 2.02. The van der Waals surface area contributed by atoms with Crippen molar-refractivity contribution in [1.82, 2.24) is 10.7 Å². The van der Waals surface area contributed by atoms with Crippen LogP contribution in [0.1, 0.15) is 5.56 Å². The van der Waals surface area contributed by atoms with E-state index < -0.39 is 17.6 Å². The first-order chi connectivity index (χ1) is 13.0. The van der Waals surface area contributed by atoms with Crippen molar-refractivity contribution >= 4 is 41.0 Å². The number of carbonyl (C=O) groups is 2. The van der Waals surface area contributed by atoms with Gasteiger partial charge in [-0.15, -0.1) is 0 Å². The number of nitrogens with zero attached hydrogens (tertiary/aromatic N) is 1. The van der Waals surface area contributed by atoms with Crippen molar-refractivity contribution in [2.24, 2.45) is 5.10 Å². The van der Waals surface area contributed by atoms with E-state index in [4.69, 9.17) is 16.3 Å². The van der Waals surface area contributed by atoms with E-state index >= 15 is 0 Å². The largest absolute Gasteiger partial charge is 0.383 e. The zero-order valence-corrected chi connectivity index (χ0v) is 15.2. The number of amides is 2. The molecule has 0 radical (unpaired) electrons. The Hall–Kier alpha value is -2.97. The summed E-state index contributed by atoms with van der Waals surface area (Å²) in [6.45, 7) is 0.493. The summed E-state index contributed by atoms with van der Waals surface area (Å²) in [5, 5.41) is 9.48. The average Bonchev–Trinajstić information content (AvgIpc) is 2.65. The third-order valence-electron chi connectivity index (χ3n) is 3.32. The predicted octanol–water partition coefficient (Wildman–Crippen LogP) is 2.44. The fourth-order valence-corrected chi connectivity index (χ4v) is 2.20. The molecule has 0 aliphatic carbocycles. The number of carbonyl (C=O) groups excluding carboxylic acids is 2. The minimum absolute atomic E-state index is 0.206.